The average Bonchev–Trinajstić information content (AvgIpc) is 3.56. The van der Waals surface area contributed by atoms with E-state index in [0.717, 1.165) is 64.4 Å². The predicted octanol–water partition coefficient (Wildman–Crippen LogP) is 6.06. The topological polar surface area (TPSA) is 83.4 Å². The summed E-state index contributed by atoms with van der Waals surface area (Å²) in [6.07, 6.45) is 5.67. The molecule has 0 bridgehead atoms. The molecule has 6 rings (SSSR count). The highest BCUT2D eigenvalue weighted by Crippen LogP contribution is 2.39. The Bertz CT molecular complexity index is 1680. The van der Waals surface area contributed by atoms with E-state index in [4.69, 9.17) is 0 Å². The Morgan fingerprint density at radius 1 is 0.975 bits per heavy atom. The first kappa shape index (κ1) is 25.8. The lowest BCUT2D eigenvalue weighted by Crippen LogP contribution is -2.35. The molecular formula is C32H30N4O3S. The molecule has 1 aliphatic heterocycles. The predicted molar refractivity (Wildman–Crippen MR) is 159 cm³/mol. The molecule has 3 heterocycles. The van der Waals surface area contributed by atoms with Gasteiger partial charge in [0, 0.05) is 22.0 Å². The third kappa shape index (κ3) is 4.54. The summed E-state index contributed by atoms with van der Waals surface area (Å²) in [5, 5.41) is 5.26. The summed E-state index contributed by atoms with van der Waals surface area (Å²) >= 11 is 1.67. The van der Waals surface area contributed by atoms with Crippen molar-refractivity contribution in [3.05, 3.63) is 105 Å². The molecule has 3 amide bonds. The van der Waals surface area contributed by atoms with Crippen LogP contribution in [0, 0.1) is 20.8 Å². The van der Waals surface area contributed by atoms with Crippen LogP contribution in [0.2, 0.25) is 0 Å². The van der Waals surface area contributed by atoms with Crippen molar-refractivity contribution in [1.82, 2.24) is 9.99 Å². The van der Waals surface area contributed by atoms with Gasteiger partial charge in [-0.2, -0.15) is 0 Å². The molecule has 1 aliphatic carbocycles. The Morgan fingerprint density at radius 2 is 1.70 bits per heavy atom. The largest absolute Gasteiger partial charge is 0.322 e. The number of nitrogens with one attached hydrogen (secondary N) is 2. The molecule has 4 aromatic rings. The number of rotatable bonds is 5. The summed E-state index contributed by atoms with van der Waals surface area (Å²) in [5.41, 5.74) is 9.64. The molecule has 0 saturated carbocycles. The number of thiophene rings is 1. The highest BCUT2D eigenvalue weighted by atomic mass is 32.1. The van der Waals surface area contributed by atoms with Crippen LogP contribution < -0.4 is 15.8 Å². The first-order valence-electron chi connectivity index (χ1n) is 13.5. The number of hydrazine groups is 1. The van der Waals surface area contributed by atoms with Crippen molar-refractivity contribution in [2.75, 3.05) is 10.3 Å². The molecule has 2 N–H and O–H groups in total. The van der Waals surface area contributed by atoms with Gasteiger partial charge in [0.2, 0.25) is 0 Å². The van der Waals surface area contributed by atoms with Crippen LogP contribution >= 0.6 is 11.3 Å². The van der Waals surface area contributed by atoms with Gasteiger partial charge in [0.25, 0.3) is 17.7 Å². The van der Waals surface area contributed by atoms with E-state index in [2.05, 4.69) is 15.3 Å². The highest BCUT2D eigenvalue weighted by molar-refractivity contribution is 7.15. The van der Waals surface area contributed by atoms with Gasteiger partial charge in [0.15, 0.2) is 0 Å². The van der Waals surface area contributed by atoms with Crippen LogP contribution in [0.15, 0.2) is 66.2 Å². The first-order chi connectivity index (χ1) is 19.3. The minimum absolute atomic E-state index is 0.0758. The fraction of sp³-hybridized carbons (Fsp3) is 0.219. The second-order valence-electron chi connectivity index (χ2n) is 10.3. The van der Waals surface area contributed by atoms with Crippen LogP contribution in [0.1, 0.15) is 56.2 Å². The number of para-hydroxylation sites is 1. The number of benzene rings is 2. The molecule has 1 saturated heterocycles. The van der Waals surface area contributed by atoms with Crippen molar-refractivity contribution in [2.24, 2.45) is 0 Å². The Kier molecular flexibility index (Phi) is 6.64. The standard InChI is InChI=1S/C32H30N4O3S/c1-19-13-15-23(16-14-19)33-30(38)28-25-11-7-8-12-27(25)40-32(28)35-20(2)17-22(21(35)3)18-26-29(37)34-36(31(26)39)24-9-5-4-6-10-24/h4-6,9-10,13-18H,7-8,11-12H2,1-3H3,(H,33,38)(H,34,37)/b26-18-. The fourth-order valence-electron chi connectivity index (χ4n) is 5.49. The number of anilines is 2. The van der Waals surface area contributed by atoms with E-state index in [1.165, 1.54) is 9.89 Å². The number of aromatic nitrogens is 1. The zero-order valence-corrected chi connectivity index (χ0v) is 23.5. The fourth-order valence-corrected chi connectivity index (χ4v) is 6.99. The maximum Gasteiger partial charge on any atom is 0.282 e. The van der Waals surface area contributed by atoms with Crippen molar-refractivity contribution < 1.29 is 14.4 Å². The van der Waals surface area contributed by atoms with Gasteiger partial charge in [0.05, 0.1) is 11.3 Å². The lowest BCUT2D eigenvalue weighted by atomic mass is 9.95. The number of hydrogen-bond acceptors (Lipinski definition) is 4. The Hall–Kier alpha value is -4.43. The van der Waals surface area contributed by atoms with Crippen LogP contribution in [0.4, 0.5) is 11.4 Å². The molecule has 1 fully saturated rings. The third-order valence-corrected chi connectivity index (χ3v) is 8.85. The van der Waals surface area contributed by atoms with Crippen molar-refractivity contribution in [3.8, 4) is 5.00 Å². The minimum atomic E-state index is -0.441. The molecule has 40 heavy (non-hydrogen) atoms. The Morgan fingerprint density at radius 3 is 2.45 bits per heavy atom. The number of amides is 3. The van der Waals surface area contributed by atoms with Crippen molar-refractivity contribution in [2.45, 2.75) is 46.5 Å². The van der Waals surface area contributed by atoms with Crippen molar-refractivity contribution in [3.63, 3.8) is 0 Å². The van der Waals surface area contributed by atoms with E-state index in [9.17, 15) is 14.4 Å². The van der Waals surface area contributed by atoms with E-state index in [1.54, 1.807) is 29.5 Å². The summed E-state index contributed by atoms with van der Waals surface area (Å²) in [7, 11) is 0. The van der Waals surface area contributed by atoms with Crippen LogP contribution in [-0.2, 0) is 22.4 Å². The highest BCUT2D eigenvalue weighted by Gasteiger charge is 2.35. The molecule has 2 aliphatic rings. The van der Waals surface area contributed by atoms with Gasteiger partial charge >= 0.3 is 0 Å². The maximum atomic E-state index is 13.8. The minimum Gasteiger partial charge on any atom is -0.322 e. The summed E-state index contributed by atoms with van der Waals surface area (Å²) in [5.74, 6) is -0.955. The van der Waals surface area contributed by atoms with Crippen LogP contribution in [0.3, 0.4) is 0 Å². The molecule has 202 valence electrons. The second-order valence-corrected chi connectivity index (χ2v) is 11.4. The Balaban J connectivity index is 1.39. The van der Waals surface area contributed by atoms with Gasteiger partial charge in [-0.15, -0.1) is 11.3 Å². The quantitative estimate of drug-likeness (QED) is 0.234. The van der Waals surface area contributed by atoms with E-state index >= 15 is 0 Å². The van der Waals surface area contributed by atoms with Crippen molar-refractivity contribution in [1.29, 1.82) is 0 Å². The number of aryl methyl sites for hydroxylation is 3. The summed E-state index contributed by atoms with van der Waals surface area (Å²) in [4.78, 5) is 41.0. The van der Waals surface area contributed by atoms with Gasteiger partial charge in [0.1, 0.15) is 10.6 Å². The number of hydrogen-bond donors (Lipinski definition) is 2. The molecule has 2 aromatic heterocycles. The van der Waals surface area contributed by atoms with Crippen LogP contribution in [0.5, 0.6) is 0 Å². The molecule has 0 unspecified atom stereocenters. The van der Waals surface area contributed by atoms with E-state index < -0.39 is 11.8 Å². The van der Waals surface area contributed by atoms with Crippen molar-refractivity contribution >= 4 is 46.5 Å². The Labute approximate surface area is 237 Å². The zero-order valence-electron chi connectivity index (χ0n) is 22.7. The molecule has 8 heteroatoms. The maximum absolute atomic E-state index is 13.8. The summed E-state index contributed by atoms with van der Waals surface area (Å²) in [6.45, 7) is 5.97. The normalized spacial score (nSPS) is 15.9. The lowest BCUT2D eigenvalue weighted by Gasteiger charge is -2.14. The summed E-state index contributed by atoms with van der Waals surface area (Å²) < 4.78 is 2.09. The van der Waals surface area contributed by atoms with Gasteiger partial charge in [-0.3, -0.25) is 19.8 Å². The monoisotopic (exact) mass is 550 g/mol. The van der Waals surface area contributed by atoms with Gasteiger partial charge in [-0.1, -0.05) is 35.9 Å². The van der Waals surface area contributed by atoms with E-state index in [0.29, 0.717) is 11.3 Å². The lowest BCUT2D eigenvalue weighted by molar-refractivity contribution is -0.117. The average molecular weight is 551 g/mol. The van der Waals surface area contributed by atoms with Crippen LogP contribution in [-0.4, -0.2) is 22.3 Å². The molecular weight excluding hydrogens is 520 g/mol. The number of nitrogens with zero attached hydrogens (tertiary/aromatic N) is 2. The summed E-state index contributed by atoms with van der Waals surface area (Å²) in [6, 6.07) is 18.8. The third-order valence-electron chi connectivity index (χ3n) is 7.57. The van der Waals surface area contributed by atoms with E-state index in [1.807, 2.05) is 69.3 Å². The van der Waals surface area contributed by atoms with E-state index in [-0.39, 0.29) is 11.5 Å². The van der Waals surface area contributed by atoms with Gasteiger partial charge in [-0.25, -0.2) is 5.01 Å². The number of carbonyl (C=O) groups excluding carboxylic acids is 3. The first-order valence-corrected chi connectivity index (χ1v) is 14.3. The smallest absolute Gasteiger partial charge is 0.282 e. The van der Waals surface area contributed by atoms with Crippen LogP contribution in [0.25, 0.3) is 11.1 Å². The second kappa shape index (κ2) is 10.3. The van der Waals surface area contributed by atoms with Gasteiger partial charge < -0.3 is 9.88 Å². The van der Waals surface area contributed by atoms with Gasteiger partial charge in [-0.05, 0) is 94.0 Å². The molecule has 0 spiro atoms. The molecule has 0 atom stereocenters. The molecule has 2 aromatic carbocycles. The number of carbonyl (C=O) groups is 3. The molecule has 0 radical (unpaired) electrons. The number of fused-ring (bicyclic) bond motifs is 1. The molecule has 7 nitrogen and oxygen atoms in total. The zero-order chi connectivity index (χ0) is 28.0. The SMILES string of the molecule is Cc1ccc(NC(=O)c2c(-n3c(C)cc(/C=C4/C(=O)NN(c5ccccc5)C4=O)c3C)sc3c2CCCC3)cc1.